The van der Waals surface area contributed by atoms with Gasteiger partial charge in [-0.15, -0.1) is 0 Å². The van der Waals surface area contributed by atoms with Gasteiger partial charge in [0.15, 0.2) is 0 Å². The summed E-state index contributed by atoms with van der Waals surface area (Å²) in [6.07, 6.45) is 2.09. The molecule has 5 heteroatoms. The van der Waals surface area contributed by atoms with Crippen molar-refractivity contribution in [2.75, 3.05) is 52.4 Å². The number of nitrogens with zero attached hydrogens (tertiary/aromatic N) is 2. The first-order chi connectivity index (χ1) is 8.79. The van der Waals surface area contributed by atoms with E-state index in [9.17, 15) is 4.79 Å². The average molecular weight is 255 g/mol. The van der Waals surface area contributed by atoms with Crippen molar-refractivity contribution >= 4 is 6.09 Å². The molecule has 0 bridgehead atoms. The Bertz CT molecular complexity index is 259. The fourth-order valence-corrected chi connectivity index (χ4v) is 2.77. The number of nitrogens with one attached hydrogen (secondary N) is 1. The van der Waals surface area contributed by atoms with Crippen molar-refractivity contribution < 1.29 is 9.53 Å². The van der Waals surface area contributed by atoms with Gasteiger partial charge in [-0.2, -0.15) is 0 Å². The molecule has 0 aromatic carbocycles. The average Bonchev–Trinajstić information content (AvgIpc) is 2.41. The molecule has 0 radical (unpaired) electrons. The second-order valence-corrected chi connectivity index (χ2v) is 5.18. The number of ether oxygens (including phenoxy) is 1. The lowest BCUT2D eigenvalue weighted by Gasteiger charge is -2.35. The number of hydrogen-bond donors (Lipinski definition) is 1. The van der Waals surface area contributed by atoms with Gasteiger partial charge in [-0.1, -0.05) is 0 Å². The third-order valence-electron chi connectivity index (χ3n) is 3.87. The minimum absolute atomic E-state index is 0.141. The summed E-state index contributed by atoms with van der Waals surface area (Å²) in [5.41, 5.74) is 0. The summed E-state index contributed by atoms with van der Waals surface area (Å²) in [4.78, 5) is 16.0. The highest BCUT2D eigenvalue weighted by Gasteiger charge is 2.25. The van der Waals surface area contributed by atoms with E-state index in [1.165, 1.54) is 6.54 Å². The maximum atomic E-state index is 11.6. The highest BCUT2D eigenvalue weighted by Crippen LogP contribution is 2.19. The third kappa shape index (κ3) is 3.85. The van der Waals surface area contributed by atoms with Crippen LogP contribution >= 0.6 is 0 Å². The van der Waals surface area contributed by atoms with Crippen LogP contribution in [0, 0.1) is 5.92 Å². The van der Waals surface area contributed by atoms with E-state index in [1.807, 2.05) is 11.8 Å². The Kier molecular flexibility index (Phi) is 5.26. The van der Waals surface area contributed by atoms with Gasteiger partial charge in [0, 0.05) is 45.8 Å². The van der Waals surface area contributed by atoms with Crippen LogP contribution in [0.15, 0.2) is 0 Å². The van der Waals surface area contributed by atoms with Gasteiger partial charge in [0.05, 0.1) is 6.61 Å². The standard InChI is InChI=1S/C13H25N3O2/c1-2-18-13(17)16-7-3-12(4-8-16)11-15-9-5-14-6-10-15/h12,14H,2-11H2,1H3. The molecule has 0 saturated carbocycles. The van der Waals surface area contributed by atoms with E-state index < -0.39 is 0 Å². The summed E-state index contributed by atoms with van der Waals surface area (Å²) in [6, 6.07) is 0. The number of amides is 1. The number of piperazine rings is 1. The van der Waals surface area contributed by atoms with Crippen molar-refractivity contribution in [1.82, 2.24) is 15.1 Å². The Morgan fingerprint density at radius 2 is 1.89 bits per heavy atom. The minimum Gasteiger partial charge on any atom is -0.450 e. The van der Waals surface area contributed by atoms with Crippen LogP contribution in [0.2, 0.25) is 0 Å². The van der Waals surface area contributed by atoms with Crippen molar-refractivity contribution in [2.45, 2.75) is 19.8 Å². The summed E-state index contributed by atoms with van der Waals surface area (Å²) < 4.78 is 5.03. The Morgan fingerprint density at radius 3 is 2.50 bits per heavy atom. The molecule has 2 saturated heterocycles. The molecule has 0 atom stereocenters. The van der Waals surface area contributed by atoms with Gasteiger partial charge in [0.2, 0.25) is 0 Å². The summed E-state index contributed by atoms with van der Waals surface area (Å²) in [7, 11) is 0. The van der Waals surface area contributed by atoms with Crippen molar-refractivity contribution in [1.29, 1.82) is 0 Å². The van der Waals surface area contributed by atoms with E-state index >= 15 is 0 Å². The minimum atomic E-state index is -0.141. The van der Waals surface area contributed by atoms with Crippen LogP contribution in [0.3, 0.4) is 0 Å². The normalized spacial score (nSPS) is 23.1. The zero-order chi connectivity index (χ0) is 12.8. The summed E-state index contributed by atoms with van der Waals surface area (Å²) in [5, 5.41) is 3.38. The predicted octanol–water partition coefficient (Wildman–Crippen LogP) is 0.760. The lowest BCUT2D eigenvalue weighted by atomic mass is 9.96. The second-order valence-electron chi connectivity index (χ2n) is 5.18. The zero-order valence-electron chi connectivity index (χ0n) is 11.4. The second kappa shape index (κ2) is 6.95. The van der Waals surface area contributed by atoms with Crippen LogP contribution in [-0.2, 0) is 4.74 Å². The van der Waals surface area contributed by atoms with E-state index in [1.54, 1.807) is 0 Å². The highest BCUT2D eigenvalue weighted by molar-refractivity contribution is 5.67. The molecule has 0 aromatic rings. The highest BCUT2D eigenvalue weighted by atomic mass is 16.6. The molecule has 2 rings (SSSR count). The maximum Gasteiger partial charge on any atom is 0.409 e. The van der Waals surface area contributed by atoms with E-state index in [4.69, 9.17) is 4.74 Å². The largest absolute Gasteiger partial charge is 0.450 e. The first kappa shape index (κ1) is 13.6. The molecule has 1 amide bonds. The summed E-state index contributed by atoms with van der Waals surface area (Å²) >= 11 is 0. The monoisotopic (exact) mass is 255 g/mol. The van der Waals surface area contributed by atoms with Crippen molar-refractivity contribution in [3.63, 3.8) is 0 Å². The van der Waals surface area contributed by atoms with E-state index in [0.29, 0.717) is 6.61 Å². The van der Waals surface area contributed by atoms with E-state index in [0.717, 1.165) is 58.0 Å². The van der Waals surface area contributed by atoms with Gasteiger partial charge in [-0.3, -0.25) is 0 Å². The molecule has 2 fully saturated rings. The van der Waals surface area contributed by atoms with Gasteiger partial charge in [0.25, 0.3) is 0 Å². The van der Waals surface area contributed by atoms with E-state index in [-0.39, 0.29) is 6.09 Å². The van der Waals surface area contributed by atoms with Crippen LogP contribution in [0.4, 0.5) is 4.79 Å². The Labute approximate surface area is 109 Å². The molecule has 18 heavy (non-hydrogen) atoms. The maximum absolute atomic E-state index is 11.6. The van der Waals surface area contributed by atoms with Gasteiger partial charge >= 0.3 is 6.09 Å². The smallest absolute Gasteiger partial charge is 0.409 e. The molecule has 0 aromatic heterocycles. The first-order valence-corrected chi connectivity index (χ1v) is 7.14. The molecule has 104 valence electrons. The Morgan fingerprint density at radius 1 is 1.22 bits per heavy atom. The molecule has 0 aliphatic carbocycles. The number of piperidine rings is 1. The van der Waals surface area contributed by atoms with Crippen LogP contribution in [0.1, 0.15) is 19.8 Å². The molecular weight excluding hydrogens is 230 g/mol. The number of hydrogen-bond acceptors (Lipinski definition) is 4. The zero-order valence-corrected chi connectivity index (χ0v) is 11.4. The summed E-state index contributed by atoms with van der Waals surface area (Å²) in [6.45, 7) is 9.79. The predicted molar refractivity (Wildman–Crippen MR) is 70.6 cm³/mol. The quantitative estimate of drug-likeness (QED) is 0.809. The molecular formula is C13H25N3O2. The molecule has 5 nitrogen and oxygen atoms in total. The molecule has 1 N–H and O–H groups in total. The number of likely N-dealkylation sites (tertiary alicyclic amines) is 1. The van der Waals surface area contributed by atoms with Gasteiger partial charge in [-0.05, 0) is 25.7 Å². The fraction of sp³-hybridized carbons (Fsp3) is 0.923. The molecule has 2 aliphatic heterocycles. The lowest BCUT2D eigenvalue weighted by molar-refractivity contribution is 0.0846. The van der Waals surface area contributed by atoms with Crippen molar-refractivity contribution in [2.24, 2.45) is 5.92 Å². The van der Waals surface area contributed by atoms with Gasteiger partial charge in [0.1, 0.15) is 0 Å². The molecule has 0 spiro atoms. The Balaban J connectivity index is 1.68. The number of carbonyl (C=O) groups excluding carboxylic acids is 1. The van der Waals surface area contributed by atoms with Crippen LogP contribution < -0.4 is 5.32 Å². The lowest BCUT2D eigenvalue weighted by Crippen LogP contribution is -2.47. The fourth-order valence-electron chi connectivity index (χ4n) is 2.77. The molecule has 0 unspecified atom stereocenters. The van der Waals surface area contributed by atoms with Crippen molar-refractivity contribution in [3.8, 4) is 0 Å². The van der Waals surface area contributed by atoms with Crippen LogP contribution in [0.25, 0.3) is 0 Å². The van der Waals surface area contributed by atoms with Crippen LogP contribution in [-0.4, -0.2) is 68.3 Å². The summed E-state index contributed by atoms with van der Waals surface area (Å²) in [5.74, 6) is 0.744. The SMILES string of the molecule is CCOC(=O)N1CCC(CN2CCNCC2)CC1. The van der Waals surface area contributed by atoms with Crippen molar-refractivity contribution in [3.05, 3.63) is 0 Å². The number of carbonyl (C=O) groups is 1. The van der Waals surface area contributed by atoms with Crippen LogP contribution in [0.5, 0.6) is 0 Å². The van der Waals surface area contributed by atoms with E-state index in [2.05, 4.69) is 10.2 Å². The molecule has 2 heterocycles. The third-order valence-corrected chi connectivity index (χ3v) is 3.87. The Hall–Kier alpha value is -0.810. The number of rotatable bonds is 3. The molecule has 2 aliphatic rings. The van der Waals surface area contributed by atoms with Gasteiger partial charge < -0.3 is 19.9 Å². The first-order valence-electron chi connectivity index (χ1n) is 7.14. The topological polar surface area (TPSA) is 44.8 Å². The van der Waals surface area contributed by atoms with Gasteiger partial charge in [-0.25, -0.2) is 4.79 Å².